The highest BCUT2D eigenvalue weighted by molar-refractivity contribution is 6.30. The van der Waals surface area contributed by atoms with Gasteiger partial charge in [0.15, 0.2) is 0 Å². The van der Waals surface area contributed by atoms with Crippen LogP contribution < -0.4 is 0 Å². The van der Waals surface area contributed by atoms with Crippen molar-refractivity contribution >= 4 is 22.6 Å². The van der Waals surface area contributed by atoms with E-state index in [1.165, 1.54) is 16.7 Å². The number of nitrogens with zero attached hydrogens (tertiary/aromatic N) is 2. The first-order valence-electron chi connectivity index (χ1n) is 8.26. The second-order valence-corrected chi connectivity index (χ2v) is 6.96. The molecular weight excluding hydrogens is 320 g/mol. The fourth-order valence-corrected chi connectivity index (χ4v) is 2.86. The molecule has 4 heteroatoms. The van der Waals surface area contributed by atoms with Crippen molar-refractivity contribution in [3.05, 3.63) is 63.9 Å². The van der Waals surface area contributed by atoms with Crippen molar-refractivity contribution < 1.29 is 4.74 Å². The second-order valence-electron chi connectivity index (χ2n) is 6.53. The predicted octanol–water partition coefficient (Wildman–Crippen LogP) is 5.28. The van der Waals surface area contributed by atoms with E-state index in [-0.39, 0.29) is 6.10 Å². The summed E-state index contributed by atoms with van der Waals surface area (Å²) in [6.07, 6.45) is 0.178. The van der Waals surface area contributed by atoms with Crippen molar-refractivity contribution in [2.45, 2.75) is 47.0 Å². The number of hydrogen-bond donors (Lipinski definition) is 0. The Labute approximate surface area is 148 Å². The molecule has 0 unspecified atom stereocenters. The molecule has 0 radical (unpaired) electrons. The topological polar surface area (TPSA) is 27.1 Å². The lowest BCUT2D eigenvalue weighted by Gasteiger charge is -2.12. The third kappa shape index (κ3) is 3.63. The number of ether oxygens (including phenoxy) is 1. The molecule has 0 aliphatic carbocycles. The van der Waals surface area contributed by atoms with Crippen molar-refractivity contribution in [1.82, 2.24) is 9.55 Å². The van der Waals surface area contributed by atoms with E-state index >= 15 is 0 Å². The maximum atomic E-state index is 6.00. The first-order chi connectivity index (χ1) is 11.4. The van der Waals surface area contributed by atoms with E-state index in [4.69, 9.17) is 21.3 Å². The fourth-order valence-electron chi connectivity index (χ4n) is 2.73. The van der Waals surface area contributed by atoms with Gasteiger partial charge in [0.25, 0.3) is 0 Å². The molecule has 1 aromatic heterocycles. The molecule has 1 heterocycles. The van der Waals surface area contributed by atoms with Crippen LogP contribution in [-0.2, 0) is 17.9 Å². The average Bonchev–Trinajstić information content (AvgIpc) is 2.85. The van der Waals surface area contributed by atoms with Gasteiger partial charge in [-0.15, -0.1) is 0 Å². The SMILES string of the molecule is Cc1cc2nc(COC(C)C)n(Cc3ccc(Cl)cc3)c2cc1C. The van der Waals surface area contributed by atoms with Crippen LogP contribution in [0.25, 0.3) is 11.0 Å². The van der Waals surface area contributed by atoms with Gasteiger partial charge in [-0.25, -0.2) is 4.98 Å². The Balaban J connectivity index is 2.05. The van der Waals surface area contributed by atoms with Crippen LogP contribution in [0, 0.1) is 13.8 Å². The molecule has 0 aliphatic heterocycles. The molecule has 24 heavy (non-hydrogen) atoms. The van der Waals surface area contributed by atoms with Crippen molar-refractivity contribution in [2.75, 3.05) is 0 Å². The summed E-state index contributed by atoms with van der Waals surface area (Å²) in [6.45, 7) is 9.61. The smallest absolute Gasteiger partial charge is 0.136 e. The molecular formula is C20H23ClN2O. The Morgan fingerprint density at radius 2 is 1.75 bits per heavy atom. The summed E-state index contributed by atoms with van der Waals surface area (Å²) in [5.41, 5.74) is 5.90. The molecule has 0 bridgehead atoms. The van der Waals surface area contributed by atoms with Crippen molar-refractivity contribution in [3.8, 4) is 0 Å². The minimum absolute atomic E-state index is 0.178. The maximum absolute atomic E-state index is 6.00. The van der Waals surface area contributed by atoms with Crippen LogP contribution in [-0.4, -0.2) is 15.7 Å². The molecule has 0 atom stereocenters. The average molecular weight is 343 g/mol. The Morgan fingerprint density at radius 3 is 2.42 bits per heavy atom. The molecule has 0 spiro atoms. The molecule has 0 saturated heterocycles. The Hall–Kier alpha value is -1.84. The van der Waals surface area contributed by atoms with Gasteiger partial charge in [-0.05, 0) is 68.7 Å². The van der Waals surface area contributed by atoms with Gasteiger partial charge in [-0.1, -0.05) is 23.7 Å². The zero-order valence-electron chi connectivity index (χ0n) is 14.6. The standard InChI is InChI=1S/C20H23ClN2O/c1-13(2)24-12-20-22-18-9-14(3)15(4)10-19(18)23(20)11-16-5-7-17(21)8-6-16/h5-10,13H,11-12H2,1-4H3. The Bertz CT molecular complexity index is 850. The Kier molecular flexibility index (Phi) is 4.93. The summed E-state index contributed by atoms with van der Waals surface area (Å²) in [4.78, 5) is 4.81. The van der Waals surface area contributed by atoms with Crippen LogP contribution in [0.15, 0.2) is 36.4 Å². The van der Waals surface area contributed by atoms with Gasteiger partial charge in [0.1, 0.15) is 12.4 Å². The van der Waals surface area contributed by atoms with Crippen molar-refractivity contribution in [3.63, 3.8) is 0 Å². The molecule has 0 amide bonds. The lowest BCUT2D eigenvalue weighted by molar-refractivity contribution is 0.0599. The van der Waals surface area contributed by atoms with E-state index < -0.39 is 0 Å². The Morgan fingerprint density at radius 1 is 1.08 bits per heavy atom. The van der Waals surface area contributed by atoms with Gasteiger partial charge < -0.3 is 9.30 Å². The first kappa shape index (κ1) is 17.0. The normalized spacial score (nSPS) is 11.6. The minimum Gasteiger partial charge on any atom is -0.371 e. The molecule has 0 N–H and O–H groups in total. The van der Waals surface area contributed by atoms with E-state index in [9.17, 15) is 0 Å². The van der Waals surface area contributed by atoms with E-state index in [1.807, 2.05) is 26.0 Å². The summed E-state index contributed by atoms with van der Waals surface area (Å²) in [5, 5.41) is 0.754. The number of imidazole rings is 1. The summed E-state index contributed by atoms with van der Waals surface area (Å²) < 4.78 is 8.05. The predicted molar refractivity (Wildman–Crippen MR) is 99.7 cm³/mol. The minimum atomic E-state index is 0.178. The van der Waals surface area contributed by atoms with E-state index in [2.05, 4.69) is 42.7 Å². The summed E-state index contributed by atoms with van der Waals surface area (Å²) in [5.74, 6) is 0.957. The monoisotopic (exact) mass is 342 g/mol. The van der Waals surface area contributed by atoms with Crippen LogP contribution in [0.1, 0.15) is 36.4 Å². The van der Waals surface area contributed by atoms with Gasteiger partial charge in [-0.3, -0.25) is 0 Å². The molecule has 3 rings (SSSR count). The maximum Gasteiger partial charge on any atom is 0.136 e. The first-order valence-corrected chi connectivity index (χ1v) is 8.64. The highest BCUT2D eigenvalue weighted by atomic mass is 35.5. The lowest BCUT2D eigenvalue weighted by atomic mass is 10.1. The fraction of sp³-hybridized carbons (Fsp3) is 0.350. The third-order valence-electron chi connectivity index (χ3n) is 4.24. The van der Waals surface area contributed by atoms with Crippen LogP contribution in [0.2, 0.25) is 5.02 Å². The summed E-state index contributed by atoms with van der Waals surface area (Å²) in [7, 11) is 0. The molecule has 2 aromatic carbocycles. The van der Waals surface area contributed by atoms with Gasteiger partial charge in [0, 0.05) is 11.6 Å². The number of aryl methyl sites for hydroxylation is 2. The molecule has 0 saturated carbocycles. The van der Waals surface area contributed by atoms with Crippen LogP contribution in [0.4, 0.5) is 0 Å². The molecule has 0 aliphatic rings. The highest BCUT2D eigenvalue weighted by Crippen LogP contribution is 2.23. The van der Waals surface area contributed by atoms with E-state index in [0.717, 1.165) is 28.4 Å². The number of aromatic nitrogens is 2. The van der Waals surface area contributed by atoms with Crippen LogP contribution in [0.5, 0.6) is 0 Å². The second kappa shape index (κ2) is 6.96. The summed E-state index contributed by atoms with van der Waals surface area (Å²) >= 11 is 6.00. The third-order valence-corrected chi connectivity index (χ3v) is 4.49. The molecule has 0 fully saturated rings. The zero-order chi connectivity index (χ0) is 17.3. The van der Waals surface area contributed by atoms with Gasteiger partial charge in [0.05, 0.1) is 17.1 Å². The van der Waals surface area contributed by atoms with Crippen LogP contribution in [0.3, 0.4) is 0 Å². The number of hydrogen-bond acceptors (Lipinski definition) is 2. The highest BCUT2D eigenvalue weighted by Gasteiger charge is 2.13. The number of benzene rings is 2. The molecule has 3 nitrogen and oxygen atoms in total. The van der Waals surface area contributed by atoms with Crippen LogP contribution >= 0.6 is 11.6 Å². The largest absolute Gasteiger partial charge is 0.371 e. The zero-order valence-corrected chi connectivity index (χ0v) is 15.4. The van der Waals surface area contributed by atoms with Gasteiger partial charge >= 0.3 is 0 Å². The van der Waals surface area contributed by atoms with Crippen molar-refractivity contribution in [2.24, 2.45) is 0 Å². The van der Waals surface area contributed by atoms with Gasteiger partial charge in [-0.2, -0.15) is 0 Å². The van der Waals surface area contributed by atoms with Crippen molar-refractivity contribution in [1.29, 1.82) is 0 Å². The van der Waals surface area contributed by atoms with Gasteiger partial charge in [0.2, 0.25) is 0 Å². The lowest BCUT2D eigenvalue weighted by Crippen LogP contribution is -2.10. The number of fused-ring (bicyclic) bond motifs is 1. The molecule has 3 aromatic rings. The number of halogens is 1. The number of rotatable bonds is 5. The molecule has 126 valence electrons. The quantitative estimate of drug-likeness (QED) is 0.630. The van der Waals surface area contributed by atoms with E-state index in [0.29, 0.717) is 6.61 Å². The summed E-state index contributed by atoms with van der Waals surface area (Å²) in [6, 6.07) is 12.3. The van der Waals surface area contributed by atoms with E-state index in [1.54, 1.807) is 0 Å².